The molecule has 0 saturated heterocycles. The quantitative estimate of drug-likeness (QED) is 0.702. The molecule has 2 amide bonds. The van der Waals surface area contributed by atoms with Crippen LogP contribution >= 0.6 is 0 Å². The third kappa shape index (κ3) is 5.03. The summed E-state index contributed by atoms with van der Waals surface area (Å²) in [6, 6.07) is -0.621. The zero-order chi connectivity index (χ0) is 14.3. The van der Waals surface area contributed by atoms with Gasteiger partial charge < -0.3 is 20.0 Å². The number of aliphatic carboxylic acids is 2. The van der Waals surface area contributed by atoms with Crippen LogP contribution in [0.4, 0.5) is 4.79 Å². The van der Waals surface area contributed by atoms with E-state index in [9.17, 15) is 14.4 Å². The van der Waals surface area contributed by atoms with Crippen molar-refractivity contribution in [3.8, 4) is 0 Å². The minimum atomic E-state index is -1.23. The second kappa shape index (κ2) is 7.52. The molecule has 7 nitrogen and oxygen atoms in total. The lowest BCUT2D eigenvalue weighted by Crippen LogP contribution is -2.50. The van der Waals surface area contributed by atoms with Crippen LogP contribution in [0.2, 0.25) is 0 Å². The average Bonchev–Trinajstić information content (AvgIpc) is 2.27. The highest BCUT2D eigenvalue weighted by molar-refractivity contribution is 5.84. The van der Waals surface area contributed by atoms with Crippen molar-refractivity contribution in [2.75, 3.05) is 19.6 Å². The van der Waals surface area contributed by atoms with Gasteiger partial charge in [0.05, 0.1) is 0 Å². The molecule has 1 unspecified atom stereocenters. The van der Waals surface area contributed by atoms with Gasteiger partial charge in [0, 0.05) is 12.6 Å². The Bertz CT molecular complexity index is 303. The molecule has 0 spiro atoms. The second-order valence-electron chi connectivity index (χ2n) is 3.97. The number of amides is 2. The molecule has 0 aliphatic rings. The first-order chi connectivity index (χ1) is 8.33. The first kappa shape index (κ1) is 16.2. The van der Waals surface area contributed by atoms with Crippen molar-refractivity contribution in [2.45, 2.75) is 33.2 Å². The van der Waals surface area contributed by atoms with E-state index in [1.54, 1.807) is 6.92 Å². The van der Waals surface area contributed by atoms with Gasteiger partial charge in [-0.05, 0) is 20.3 Å². The number of carboxylic acids is 2. The molecule has 0 aromatic heterocycles. The van der Waals surface area contributed by atoms with Crippen molar-refractivity contribution in [1.29, 1.82) is 0 Å². The molecule has 0 aromatic rings. The lowest BCUT2D eigenvalue weighted by molar-refractivity contribution is -0.140. The highest BCUT2D eigenvalue weighted by atomic mass is 16.4. The van der Waals surface area contributed by atoms with Crippen molar-refractivity contribution in [3.05, 3.63) is 0 Å². The number of carboxylic acid groups (broad SMARTS) is 2. The van der Waals surface area contributed by atoms with Crippen LogP contribution in [0.5, 0.6) is 0 Å². The maximum absolute atomic E-state index is 12.1. The summed E-state index contributed by atoms with van der Waals surface area (Å²) in [6.45, 7) is 4.68. The molecule has 0 bridgehead atoms. The van der Waals surface area contributed by atoms with Gasteiger partial charge in [0.1, 0.15) is 13.1 Å². The van der Waals surface area contributed by atoms with Gasteiger partial charge >= 0.3 is 18.0 Å². The van der Waals surface area contributed by atoms with Gasteiger partial charge in [0.15, 0.2) is 0 Å². The zero-order valence-corrected chi connectivity index (χ0v) is 10.9. The third-order valence-corrected chi connectivity index (χ3v) is 2.63. The Hall–Kier alpha value is -1.79. The Morgan fingerprint density at radius 2 is 1.50 bits per heavy atom. The van der Waals surface area contributed by atoms with E-state index in [1.165, 1.54) is 4.90 Å². The Balaban J connectivity index is 4.90. The van der Waals surface area contributed by atoms with Gasteiger partial charge in [-0.2, -0.15) is 0 Å². The van der Waals surface area contributed by atoms with E-state index in [0.717, 1.165) is 4.90 Å². The van der Waals surface area contributed by atoms with Gasteiger partial charge in [-0.3, -0.25) is 9.59 Å². The molecule has 0 aromatic carbocycles. The Labute approximate surface area is 106 Å². The summed E-state index contributed by atoms with van der Waals surface area (Å²) in [6.07, 6.45) is 0.716. The van der Waals surface area contributed by atoms with E-state index in [0.29, 0.717) is 13.0 Å². The Morgan fingerprint density at radius 1 is 1.06 bits per heavy atom. The fraction of sp³-hybridized carbons (Fsp3) is 0.727. The highest BCUT2D eigenvalue weighted by Crippen LogP contribution is 2.07. The molecule has 104 valence electrons. The lowest BCUT2D eigenvalue weighted by atomic mass is 10.2. The monoisotopic (exact) mass is 260 g/mol. The van der Waals surface area contributed by atoms with Crippen molar-refractivity contribution in [1.82, 2.24) is 9.80 Å². The summed E-state index contributed by atoms with van der Waals surface area (Å²) in [5.41, 5.74) is 0. The van der Waals surface area contributed by atoms with E-state index in [2.05, 4.69) is 0 Å². The SMILES string of the molecule is CCC(C)N(CC)C(=O)N(CC(=O)O)CC(=O)O. The number of carbonyl (C=O) groups excluding carboxylic acids is 1. The van der Waals surface area contributed by atoms with E-state index < -0.39 is 31.1 Å². The maximum atomic E-state index is 12.1. The number of rotatable bonds is 7. The Morgan fingerprint density at radius 3 is 1.78 bits per heavy atom. The average molecular weight is 260 g/mol. The van der Waals surface area contributed by atoms with Crippen LogP contribution in [0.3, 0.4) is 0 Å². The summed E-state index contributed by atoms with van der Waals surface area (Å²) in [5, 5.41) is 17.4. The van der Waals surface area contributed by atoms with Crippen molar-refractivity contribution >= 4 is 18.0 Å². The van der Waals surface area contributed by atoms with Crippen LogP contribution in [-0.2, 0) is 9.59 Å². The molecule has 0 saturated carbocycles. The van der Waals surface area contributed by atoms with Gasteiger partial charge in [-0.15, -0.1) is 0 Å². The van der Waals surface area contributed by atoms with Crippen LogP contribution in [0.25, 0.3) is 0 Å². The molecule has 18 heavy (non-hydrogen) atoms. The molecule has 0 radical (unpaired) electrons. The largest absolute Gasteiger partial charge is 0.480 e. The molecule has 0 aliphatic heterocycles. The number of hydrogen-bond donors (Lipinski definition) is 2. The first-order valence-electron chi connectivity index (χ1n) is 5.82. The second-order valence-corrected chi connectivity index (χ2v) is 3.97. The molecule has 0 aliphatic carbocycles. The predicted octanol–water partition coefficient (Wildman–Crippen LogP) is 0.698. The summed E-state index contributed by atoms with van der Waals surface area (Å²) < 4.78 is 0. The summed E-state index contributed by atoms with van der Waals surface area (Å²) in [5.74, 6) is -2.46. The molecule has 0 fully saturated rings. The van der Waals surface area contributed by atoms with E-state index in [1.807, 2.05) is 13.8 Å². The highest BCUT2D eigenvalue weighted by Gasteiger charge is 2.26. The minimum Gasteiger partial charge on any atom is -0.480 e. The zero-order valence-electron chi connectivity index (χ0n) is 10.9. The van der Waals surface area contributed by atoms with Crippen LogP contribution in [0, 0.1) is 0 Å². The van der Waals surface area contributed by atoms with E-state index in [-0.39, 0.29) is 6.04 Å². The van der Waals surface area contributed by atoms with Crippen LogP contribution in [0.1, 0.15) is 27.2 Å². The third-order valence-electron chi connectivity index (χ3n) is 2.63. The minimum absolute atomic E-state index is 0.0624. The van der Waals surface area contributed by atoms with Crippen LogP contribution in [0.15, 0.2) is 0 Å². The standard InChI is InChI=1S/C11H20N2O5/c1-4-8(3)13(5-2)11(18)12(6-9(14)15)7-10(16)17/h8H,4-7H2,1-3H3,(H,14,15)(H,16,17). The van der Waals surface area contributed by atoms with E-state index in [4.69, 9.17) is 10.2 Å². The summed E-state index contributed by atoms with van der Waals surface area (Å²) in [4.78, 5) is 35.6. The van der Waals surface area contributed by atoms with Gasteiger partial charge in [0.2, 0.25) is 0 Å². The molecule has 7 heteroatoms. The number of nitrogens with zero attached hydrogens (tertiary/aromatic N) is 2. The van der Waals surface area contributed by atoms with Crippen molar-refractivity contribution < 1.29 is 24.6 Å². The molecule has 0 rings (SSSR count). The summed E-state index contributed by atoms with van der Waals surface area (Å²) >= 11 is 0. The normalized spacial score (nSPS) is 11.7. The maximum Gasteiger partial charge on any atom is 0.323 e. The molecular weight excluding hydrogens is 240 g/mol. The fourth-order valence-electron chi connectivity index (χ4n) is 1.56. The van der Waals surface area contributed by atoms with Crippen LogP contribution in [-0.4, -0.2) is 63.7 Å². The topological polar surface area (TPSA) is 98.2 Å². The van der Waals surface area contributed by atoms with Crippen molar-refractivity contribution in [3.63, 3.8) is 0 Å². The van der Waals surface area contributed by atoms with Crippen molar-refractivity contribution in [2.24, 2.45) is 0 Å². The van der Waals surface area contributed by atoms with Crippen LogP contribution < -0.4 is 0 Å². The molecular formula is C11H20N2O5. The van der Waals surface area contributed by atoms with E-state index >= 15 is 0 Å². The first-order valence-corrected chi connectivity index (χ1v) is 5.82. The smallest absolute Gasteiger partial charge is 0.323 e. The lowest BCUT2D eigenvalue weighted by Gasteiger charge is -2.32. The number of carbonyl (C=O) groups is 3. The Kier molecular flexibility index (Phi) is 6.77. The van der Waals surface area contributed by atoms with Gasteiger partial charge in [-0.25, -0.2) is 4.79 Å². The molecule has 1 atom stereocenters. The summed E-state index contributed by atoms with van der Waals surface area (Å²) in [7, 11) is 0. The van der Waals surface area contributed by atoms with Gasteiger partial charge in [0.25, 0.3) is 0 Å². The number of urea groups is 1. The van der Waals surface area contributed by atoms with Gasteiger partial charge in [-0.1, -0.05) is 6.92 Å². The molecule has 2 N–H and O–H groups in total. The molecule has 0 heterocycles. The fourth-order valence-corrected chi connectivity index (χ4v) is 1.56. The number of hydrogen-bond acceptors (Lipinski definition) is 3. The predicted molar refractivity (Wildman–Crippen MR) is 64.4 cm³/mol.